The Morgan fingerprint density at radius 2 is 2.00 bits per heavy atom. The Kier molecular flexibility index (Phi) is 3.81. The van der Waals surface area contributed by atoms with Gasteiger partial charge in [-0.2, -0.15) is 0 Å². The maximum Gasteiger partial charge on any atom is 0.177 e. The summed E-state index contributed by atoms with van der Waals surface area (Å²) in [5, 5.41) is 9.87. The van der Waals surface area contributed by atoms with Gasteiger partial charge in [-0.3, -0.25) is 4.90 Å². The molecule has 5 rings (SSSR count). The summed E-state index contributed by atoms with van der Waals surface area (Å²) < 4.78 is 5.70. The van der Waals surface area contributed by atoms with Crippen LogP contribution < -0.4 is 5.32 Å². The van der Waals surface area contributed by atoms with Gasteiger partial charge in [0, 0.05) is 22.2 Å². The molecule has 1 N–H and O–H groups in total. The fraction of sp³-hybridized carbons (Fsp3) is 0.632. The molecule has 1 atom stereocenters. The minimum absolute atomic E-state index is 0.139. The highest BCUT2D eigenvalue weighted by molar-refractivity contribution is 6.32. The molecule has 5 heteroatoms. The standard InChI is InChI=1S/C19H26ClN3O/c1-11(2)15-14(20)6-5-13-16(15)24-22-18(13)21-17-12-7-9-23(10-8-12)19(17,3)4/h5-6,11-12,17H,7-10H2,1-4H3,(H,21,22)/t17-/m1/s1. The summed E-state index contributed by atoms with van der Waals surface area (Å²) in [6, 6.07) is 4.38. The van der Waals surface area contributed by atoms with Gasteiger partial charge >= 0.3 is 0 Å². The predicted molar refractivity (Wildman–Crippen MR) is 98.9 cm³/mol. The lowest BCUT2D eigenvalue weighted by Crippen LogP contribution is -2.66. The summed E-state index contributed by atoms with van der Waals surface area (Å²) in [7, 11) is 0. The quantitative estimate of drug-likeness (QED) is 0.858. The molecule has 3 aliphatic rings. The van der Waals surface area contributed by atoms with E-state index in [-0.39, 0.29) is 5.54 Å². The van der Waals surface area contributed by atoms with E-state index >= 15 is 0 Å². The van der Waals surface area contributed by atoms with Gasteiger partial charge in [0.2, 0.25) is 0 Å². The number of nitrogens with zero attached hydrogens (tertiary/aromatic N) is 2. The molecule has 4 heterocycles. The molecule has 0 aliphatic carbocycles. The van der Waals surface area contributed by atoms with Gasteiger partial charge in [-0.1, -0.05) is 30.6 Å². The molecule has 4 nitrogen and oxygen atoms in total. The second-order valence-corrected chi connectivity index (χ2v) is 8.53. The number of anilines is 1. The van der Waals surface area contributed by atoms with Crippen LogP contribution in [0.2, 0.25) is 5.02 Å². The van der Waals surface area contributed by atoms with Crippen molar-refractivity contribution in [1.82, 2.24) is 10.1 Å². The zero-order valence-corrected chi connectivity index (χ0v) is 15.7. The lowest BCUT2D eigenvalue weighted by molar-refractivity contribution is -0.0189. The summed E-state index contributed by atoms with van der Waals surface area (Å²) >= 11 is 6.38. The first-order valence-electron chi connectivity index (χ1n) is 8.99. The van der Waals surface area contributed by atoms with Gasteiger partial charge in [-0.05, 0) is 63.7 Å². The first kappa shape index (κ1) is 16.2. The molecule has 0 amide bonds. The summed E-state index contributed by atoms with van der Waals surface area (Å²) in [6.07, 6.45) is 2.53. The molecule has 2 aromatic rings. The second kappa shape index (κ2) is 5.63. The monoisotopic (exact) mass is 347 g/mol. The van der Waals surface area contributed by atoms with Gasteiger partial charge in [-0.15, -0.1) is 0 Å². The van der Waals surface area contributed by atoms with Gasteiger partial charge < -0.3 is 9.84 Å². The van der Waals surface area contributed by atoms with Crippen molar-refractivity contribution in [3.05, 3.63) is 22.7 Å². The Morgan fingerprint density at radius 3 is 2.62 bits per heavy atom. The Hall–Kier alpha value is -1.26. The Bertz CT molecular complexity index is 759. The molecule has 0 saturated carbocycles. The minimum atomic E-state index is 0.139. The smallest absolute Gasteiger partial charge is 0.177 e. The molecule has 1 aromatic heterocycles. The van der Waals surface area contributed by atoms with Crippen LogP contribution in [0.4, 0.5) is 5.82 Å². The number of hydrogen-bond acceptors (Lipinski definition) is 4. The van der Waals surface area contributed by atoms with E-state index in [9.17, 15) is 0 Å². The summed E-state index contributed by atoms with van der Waals surface area (Å²) in [5.41, 5.74) is 2.00. The highest BCUT2D eigenvalue weighted by Gasteiger charge is 2.47. The molecule has 2 bridgehead atoms. The third-order valence-corrected chi connectivity index (χ3v) is 6.41. The Labute approximate surface area is 148 Å². The molecule has 3 aliphatic heterocycles. The van der Waals surface area contributed by atoms with Gasteiger partial charge in [0.05, 0.1) is 5.39 Å². The minimum Gasteiger partial charge on any atom is -0.362 e. The fourth-order valence-corrected chi connectivity index (χ4v) is 5.03. The average molecular weight is 348 g/mol. The van der Waals surface area contributed by atoms with E-state index < -0.39 is 0 Å². The third-order valence-electron chi connectivity index (χ3n) is 6.08. The van der Waals surface area contributed by atoms with Crippen molar-refractivity contribution in [3.63, 3.8) is 0 Å². The van der Waals surface area contributed by atoms with Crippen LogP contribution in [-0.4, -0.2) is 34.7 Å². The maximum absolute atomic E-state index is 6.38. The number of halogens is 1. The highest BCUT2D eigenvalue weighted by Crippen LogP contribution is 2.42. The lowest BCUT2D eigenvalue weighted by Gasteiger charge is -2.56. The molecule has 0 spiro atoms. The molecule has 3 fully saturated rings. The first-order valence-corrected chi connectivity index (χ1v) is 9.36. The Balaban J connectivity index is 1.72. The SMILES string of the molecule is CC(C)c1c(Cl)ccc2c(N[C@@H]3C4CCN(CC4)C3(C)C)noc12. The topological polar surface area (TPSA) is 41.3 Å². The number of fused-ring (bicyclic) bond motifs is 4. The highest BCUT2D eigenvalue weighted by atomic mass is 35.5. The summed E-state index contributed by atoms with van der Waals surface area (Å²) in [6.45, 7) is 11.4. The second-order valence-electron chi connectivity index (χ2n) is 8.12. The van der Waals surface area contributed by atoms with Crippen LogP contribution in [0.3, 0.4) is 0 Å². The van der Waals surface area contributed by atoms with Gasteiger partial charge in [0.15, 0.2) is 11.4 Å². The zero-order chi connectivity index (χ0) is 17.1. The molecule has 0 unspecified atom stereocenters. The van der Waals surface area contributed by atoms with E-state index in [0.717, 1.165) is 27.4 Å². The van der Waals surface area contributed by atoms with Gasteiger partial charge in [0.1, 0.15) is 0 Å². The summed E-state index contributed by atoms with van der Waals surface area (Å²) in [4.78, 5) is 2.60. The van der Waals surface area contributed by atoms with E-state index in [1.165, 1.54) is 25.9 Å². The van der Waals surface area contributed by atoms with Crippen LogP contribution >= 0.6 is 11.6 Å². The number of rotatable bonds is 3. The van der Waals surface area contributed by atoms with E-state index in [2.05, 4.69) is 43.1 Å². The van der Waals surface area contributed by atoms with Gasteiger partial charge in [0.25, 0.3) is 0 Å². The van der Waals surface area contributed by atoms with Crippen molar-refractivity contribution in [2.45, 2.75) is 58.0 Å². The third kappa shape index (κ3) is 2.34. The molecule has 130 valence electrons. The van der Waals surface area contributed by atoms with E-state index in [0.29, 0.717) is 17.9 Å². The molecule has 24 heavy (non-hydrogen) atoms. The lowest BCUT2D eigenvalue weighted by atomic mass is 9.72. The van der Waals surface area contributed by atoms with Crippen LogP contribution in [0.5, 0.6) is 0 Å². The maximum atomic E-state index is 6.38. The van der Waals surface area contributed by atoms with E-state index in [1.807, 2.05) is 12.1 Å². The van der Waals surface area contributed by atoms with E-state index in [4.69, 9.17) is 16.1 Å². The number of nitrogens with one attached hydrogen (secondary N) is 1. The molecular formula is C19H26ClN3O. The van der Waals surface area contributed by atoms with Crippen molar-refractivity contribution in [2.24, 2.45) is 5.92 Å². The molecular weight excluding hydrogens is 322 g/mol. The molecule has 3 saturated heterocycles. The largest absolute Gasteiger partial charge is 0.362 e. The van der Waals surface area contributed by atoms with Crippen molar-refractivity contribution in [1.29, 1.82) is 0 Å². The van der Waals surface area contributed by atoms with Crippen LogP contribution in [0.25, 0.3) is 11.0 Å². The number of benzene rings is 1. The van der Waals surface area contributed by atoms with Crippen molar-refractivity contribution < 1.29 is 4.52 Å². The van der Waals surface area contributed by atoms with Crippen LogP contribution in [0.1, 0.15) is 52.0 Å². The summed E-state index contributed by atoms with van der Waals surface area (Å²) in [5.74, 6) is 1.86. The van der Waals surface area contributed by atoms with Crippen molar-refractivity contribution in [3.8, 4) is 0 Å². The van der Waals surface area contributed by atoms with Crippen LogP contribution in [0.15, 0.2) is 16.7 Å². The zero-order valence-electron chi connectivity index (χ0n) is 14.9. The van der Waals surface area contributed by atoms with Gasteiger partial charge in [-0.25, -0.2) is 0 Å². The number of hydrogen-bond donors (Lipinski definition) is 1. The predicted octanol–water partition coefficient (Wildman–Crippen LogP) is 4.89. The first-order chi connectivity index (χ1) is 11.4. The van der Waals surface area contributed by atoms with Crippen molar-refractivity contribution >= 4 is 28.4 Å². The van der Waals surface area contributed by atoms with Crippen LogP contribution in [-0.2, 0) is 0 Å². The van der Waals surface area contributed by atoms with E-state index in [1.54, 1.807) is 0 Å². The van der Waals surface area contributed by atoms with Crippen molar-refractivity contribution in [2.75, 3.05) is 18.4 Å². The average Bonchev–Trinajstić information content (AvgIpc) is 2.93. The molecule has 1 aromatic carbocycles. The van der Waals surface area contributed by atoms with Crippen LogP contribution in [0, 0.1) is 5.92 Å². The Morgan fingerprint density at radius 1 is 1.29 bits per heavy atom. The fourth-order valence-electron chi connectivity index (χ4n) is 4.67. The normalized spacial score (nSPS) is 28.7. The number of piperidine rings is 3. The number of aromatic nitrogens is 1. The molecule has 0 radical (unpaired) electrons.